The Morgan fingerprint density at radius 2 is 1.54 bits per heavy atom. The van der Waals surface area contributed by atoms with E-state index in [4.69, 9.17) is 9.94 Å². The summed E-state index contributed by atoms with van der Waals surface area (Å²) in [6, 6.07) is 16.0. The van der Waals surface area contributed by atoms with Crippen molar-refractivity contribution < 1.29 is 19.5 Å². The van der Waals surface area contributed by atoms with Gasteiger partial charge in [0.2, 0.25) is 0 Å². The highest BCUT2D eigenvalue weighted by atomic mass is 16.7. The minimum absolute atomic E-state index is 0.365. The van der Waals surface area contributed by atoms with E-state index in [1.807, 2.05) is 55.5 Å². The summed E-state index contributed by atoms with van der Waals surface area (Å²) in [5.74, 6) is 4.40. The zero-order chi connectivity index (χ0) is 20.1. The van der Waals surface area contributed by atoms with Crippen LogP contribution in [0.2, 0.25) is 0 Å². The van der Waals surface area contributed by atoms with E-state index in [9.17, 15) is 9.59 Å². The second-order valence-electron chi connectivity index (χ2n) is 6.80. The maximum Gasteiger partial charge on any atom is 0.349 e. The summed E-state index contributed by atoms with van der Waals surface area (Å²) in [5, 5.41) is 10.1. The molecule has 5 nitrogen and oxygen atoms in total. The molecule has 0 saturated heterocycles. The molecule has 2 aromatic carbocycles. The lowest BCUT2D eigenvalue weighted by Crippen LogP contribution is -2.33. The lowest BCUT2D eigenvalue weighted by atomic mass is 10.0. The number of benzene rings is 2. The molecule has 0 atom stereocenters. The topological polar surface area (TPSA) is 66.8 Å². The molecule has 0 aromatic heterocycles. The van der Waals surface area contributed by atoms with Gasteiger partial charge >= 0.3 is 11.9 Å². The zero-order valence-electron chi connectivity index (χ0n) is 15.8. The summed E-state index contributed by atoms with van der Waals surface area (Å²) in [5.41, 5.74) is 3.74. The predicted molar refractivity (Wildman–Crippen MR) is 105 cm³/mol. The molecule has 0 heterocycles. The molecule has 3 rings (SSSR count). The van der Waals surface area contributed by atoms with Gasteiger partial charge in [-0.15, -0.1) is 5.06 Å². The van der Waals surface area contributed by atoms with Crippen LogP contribution < -0.4 is 0 Å². The van der Waals surface area contributed by atoms with E-state index >= 15 is 0 Å². The van der Waals surface area contributed by atoms with Gasteiger partial charge in [-0.1, -0.05) is 41.7 Å². The lowest BCUT2D eigenvalue weighted by molar-refractivity contribution is -0.193. The van der Waals surface area contributed by atoms with E-state index in [1.54, 1.807) is 7.05 Å². The smallest absolute Gasteiger partial charge is 0.349 e. The first-order valence-electron chi connectivity index (χ1n) is 8.95. The van der Waals surface area contributed by atoms with Crippen molar-refractivity contribution in [3.8, 4) is 11.8 Å². The number of nitrogens with zero attached hydrogens (tertiary/aromatic N) is 1. The molecule has 1 saturated carbocycles. The monoisotopic (exact) mass is 375 g/mol. The van der Waals surface area contributed by atoms with Gasteiger partial charge in [-0.05, 0) is 49.6 Å². The molecule has 1 aliphatic rings. The molecule has 0 radical (unpaired) electrons. The number of hydroxylamine groups is 2. The van der Waals surface area contributed by atoms with E-state index in [2.05, 4.69) is 11.8 Å². The first-order chi connectivity index (χ1) is 13.4. The first kappa shape index (κ1) is 19.4. The average Bonchev–Trinajstić information content (AvgIpc) is 3.48. The molecule has 0 aliphatic heterocycles. The number of hydrogen-bond acceptors (Lipinski definition) is 4. The Morgan fingerprint density at radius 3 is 2.04 bits per heavy atom. The van der Waals surface area contributed by atoms with Crippen molar-refractivity contribution in [2.75, 3.05) is 7.05 Å². The first-order valence-corrected chi connectivity index (χ1v) is 8.95. The molecule has 142 valence electrons. The zero-order valence-corrected chi connectivity index (χ0v) is 15.8. The van der Waals surface area contributed by atoms with Gasteiger partial charge in [-0.2, -0.15) is 0 Å². The number of carbonyl (C=O) groups is 2. The third-order valence-electron chi connectivity index (χ3n) is 4.74. The van der Waals surface area contributed by atoms with E-state index in [-0.39, 0.29) is 5.54 Å². The summed E-state index contributed by atoms with van der Waals surface area (Å²) >= 11 is 0. The Hall–Kier alpha value is -3.36. The second-order valence-corrected chi connectivity index (χ2v) is 6.80. The van der Waals surface area contributed by atoms with Crippen LogP contribution in [0.5, 0.6) is 0 Å². The van der Waals surface area contributed by atoms with Crippen LogP contribution in [-0.4, -0.2) is 29.2 Å². The third-order valence-corrected chi connectivity index (χ3v) is 4.74. The highest BCUT2D eigenvalue weighted by Gasteiger charge is 2.50. The Kier molecular flexibility index (Phi) is 5.62. The molecule has 28 heavy (non-hydrogen) atoms. The predicted octanol–water partition coefficient (Wildman–Crippen LogP) is 3.41. The molecule has 0 bridgehead atoms. The summed E-state index contributed by atoms with van der Waals surface area (Å²) < 4.78 is 0. The molecule has 0 amide bonds. The van der Waals surface area contributed by atoms with Crippen LogP contribution in [0.15, 0.2) is 60.7 Å². The lowest BCUT2D eigenvalue weighted by Gasteiger charge is -2.26. The van der Waals surface area contributed by atoms with Crippen LogP contribution in [0.1, 0.15) is 35.1 Å². The molecular weight excluding hydrogens is 354 g/mol. The van der Waals surface area contributed by atoms with Gasteiger partial charge in [0.1, 0.15) is 0 Å². The van der Waals surface area contributed by atoms with Gasteiger partial charge in [0.25, 0.3) is 0 Å². The van der Waals surface area contributed by atoms with Crippen LogP contribution in [0, 0.1) is 18.8 Å². The maximum atomic E-state index is 11.7. The van der Waals surface area contributed by atoms with Crippen molar-refractivity contribution in [1.29, 1.82) is 0 Å². The summed E-state index contributed by atoms with van der Waals surface area (Å²) in [4.78, 5) is 27.5. The fraction of sp³-hybridized carbons (Fsp3) is 0.217. The number of carboxylic acid groups (broad SMARTS) is 1. The van der Waals surface area contributed by atoms with Gasteiger partial charge < -0.3 is 9.94 Å². The van der Waals surface area contributed by atoms with Crippen molar-refractivity contribution in [1.82, 2.24) is 5.06 Å². The number of aryl methyl sites for hydroxylation is 1. The average molecular weight is 375 g/mol. The normalized spacial score (nSPS) is 14.4. The van der Waals surface area contributed by atoms with Crippen molar-refractivity contribution >= 4 is 11.9 Å². The molecule has 0 unspecified atom stereocenters. The molecule has 1 aliphatic carbocycles. The Labute approximate surface area is 164 Å². The summed E-state index contributed by atoms with van der Waals surface area (Å²) in [6.07, 6.45) is 3.37. The van der Waals surface area contributed by atoms with Crippen LogP contribution in [-0.2, 0) is 20.0 Å². The minimum atomic E-state index is -1.19. The minimum Gasteiger partial charge on any atom is -0.478 e. The fourth-order valence-electron chi connectivity index (χ4n) is 2.94. The van der Waals surface area contributed by atoms with Crippen LogP contribution in [0.3, 0.4) is 0 Å². The van der Waals surface area contributed by atoms with Crippen molar-refractivity contribution in [2.45, 2.75) is 25.3 Å². The molecule has 5 heteroatoms. The largest absolute Gasteiger partial charge is 0.478 e. The molecule has 1 N–H and O–H groups in total. The van der Waals surface area contributed by atoms with Crippen LogP contribution in [0.4, 0.5) is 0 Å². The standard InChI is InChI=1S/C23H21NO4/c1-17-3-5-18(6-4-17)7-8-19-9-11-20(12-10-19)23(15-16-23)24(2)28-22(27)14-13-21(25)26/h3-6,9-14H,15-16H2,1-2H3,(H,25,26)/b14-13-. The van der Waals surface area contributed by atoms with Gasteiger partial charge in [0, 0.05) is 30.3 Å². The quantitative estimate of drug-likeness (QED) is 0.493. The number of carbonyl (C=O) groups excluding carboxylic acids is 1. The fourth-order valence-corrected chi connectivity index (χ4v) is 2.94. The number of carboxylic acids is 1. The summed E-state index contributed by atoms with van der Waals surface area (Å²) in [6.45, 7) is 2.04. The van der Waals surface area contributed by atoms with E-state index in [0.717, 1.165) is 41.7 Å². The number of aliphatic carboxylic acids is 1. The highest BCUT2D eigenvalue weighted by molar-refractivity contribution is 5.90. The third kappa shape index (κ3) is 4.67. The number of rotatable bonds is 5. The Bertz CT molecular complexity index is 958. The van der Waals surface area contributed by atoms with Crippen LogP contribution >= 0.6 is 0 Å². The van der Waals surface area contributed by atoms with Gasteiger partial charge in [0.05, 0.1) is 5.54 Å². The molecule has 1 fully saturated rings. The van der Waals surface area contributed by atoms with E-state index in [1.165, 1.54) is 10.6 Å². The maximum absolute atomic E-state index is 11.7. The SMILES string of the molecule is Cc1ccc(C#Cc2ccc(C3(N(C)OC(=O)/C=C\C(=O)O)CC3)cc2)cc1. The van der Waals surface area contributed by atoms with Gasteiger partial charge in [-0.3, -0.25) is 0 Å². The molecular formula is C23H21NO4. The van der Waals surface area contributed by atoms with Crippen molar-refractivity contribution in [3.63, 3.8) is 0 Å². The molecule has 0 spiro atoms. The van der Waals surface area contributed by atoms with Gasteiger partial charge in [-0.25, -0.2) is 9.59 Å². The van der Waals surface area contributed by atoms with Gasteiger partial charge in [0.15, 0.2) is 0 Å². The van der Waals surface area contributed by atoms with E-state index in [0.29, 0.717) is 0 Å². The molecule has 2 aromatic rings. The van der Waals surface area contributed by atoms with Crippen molar-refractivity contribution in [2.24, 2.45) is 0 Å². The Balaban J connectivity index is 1.68. The summed E-state index contributed by atoms with van der Waals surface area (Å²) in [7, 11) is 1.69. The second kappa shape index (κ2) is 8.12. The van der Waals surface area contributed by atoms with E-state index < -0.39 is 11.9 Å². The Morgan fingerprint density at radius 1 is 1.00 bits per heavy atom. The van der Waals surface area contributed by atoms with Crippen molar-refractivity contribution in [3.05, 3.63) is 82.9 Å². The van der Waals surface area contributed by atoms with Crippen LogP contribution in [0.25, 0.3) is 0 Å². The number of hydrogen-bond donors (Lipinski definition) is 1. The highest BCUT2D eigenvalue weighted by Crippen LogP contribution is 2.50.